The quantitative estimate of drug-likeness (QED) is 0.0799. The lowest BCUT2D eigenvalue weighted by Crippen LogP contribution is -2.25. The molecule has 6 N–H and O–H groups in total. The summed E-state index contributed by atoms with van der Waals surface area (Å²) in [5, 5.41) is 30.6. The first-order valence-corrected chi connectivity index (χ1v) is 18.2. The van der Waals surface area contributed by atoms with Crippen molar-refractivity contribution < 1.29 is 59.3 Å². The predicted molar refractivity (Wildman–Crippen MR) is 203 cm³/mol. The average Bonchev–Trinajstić information content (AvgIpc) is 3.95. The molecule has 2 saturated heterocycles. The number of benzene rings is 3. The van der Waals surface area contributed by atoms with E-state index < -0.39 is 23.9 Å². The van der Waals surface area contributed by atoms with Crippen molar-refractivity contribution in [2.24, 2.45) is 0 Å². The number of carboxylic acid groups (broad SMARTS) is 4. The third kappa shape index (κ3) is 13.3. The first kappa shape index (κ1) is 43.1. The molecule has 2 fully saturated rings. The normalized spacial score (nSPS) is 13.8. The van der Waals surface area contributed by atoms with Crippen LogP contribution in [0.1, 0.15) is 54.4 Å². The number of carbonyl (C=O) groups excluding carboxylic acids is 1. The van der Waals surface area contributed by atoms with Gasteiger partial charge >= 0.3 is 23.9 Å². The van der Waals surface area contributed by atoms with Gasteiger partial charge in [-0.3, -0.25) is 9.69 Å². The summed E-state index contributed by atoms with van der Waals surface area (Å²) >= 11 is 1.67. The number of carbonyl (C=O) groups is 5. The molecule has 0 saturated carbocycles. The Labute approximate surface area is 316 Å². The zero-order valence-corrected chi connectivity index (χ0v) is 30.6. The molecule has 0 amide bonds. The van der Waals surface area contributed by atoms with E-state index in [0.717, 1.165) is 57.0 Å². The monoisotopic (exact) mass is 766 g/mol. The number of ketones is 1. The molecule has 54 heavy (non-hydrogen) atoms. The molecule has 4 aromatic rings. The van der Waals surface area contributed by atoms with Crippen LogP contribution >= 0.6 is 11.3 Å². The first-order valence-electron chi connectivity index (χ1n) is 17.4. The van der Waals surface area contributed by atoms with Gasteiger partial charge in [0.2, 0.25) is 0 Å². The van der Waals surface area contributed by atoms with Crippen LogP contribution in [0.15, 0.2) is 72.8 Å². The molecular weight excluding hydrogens is 720 g/mol. The summed E-state index contributed by atoms with van der Waals surface area (Å²) in [6, 6.07) is 24.0. The Kier molecular flexibility index (Phi) is 17.5. The average molecular weight is 767 g/mol. The lowest BCUT2D eigenvalue weighted by atomic mass is 9.97. The molecule has 14 nitrogen and oxygen atoms in total. The van der Waals surface area contributed by atoms with Crippen molar-refractivity contribution in [3.8, 4) is 21.9 Å². The van der Waals surface area contributed by atoms with Crippen molar-refractivity contribution in [3.05, 3.63) is 83.9 Å². The highest BCUT2D eigenvalue weighted by Crippen LogP contribution is 2.40. The molecule has 3 heterocycles. The van der Waals surface area contributed by atoms with Crippen LogP contribution in [0.4, 0.5) is 0 Å². The van der Waals surface area contributed by atoms with Gasteiger partial charge in [-0.05, 0) is 131 Å². The molecule has 2 aliphatic heterocycles. The Morgan fingerprint density at radius 1 is 0.593 bits per heavy atom. The maximum atomic E-state index is 13.9. The Morgan fingerprint density at radius 2 is 1.07 bits per heavy atom. The van der Waals surface area contributed by atoms with E-state index in [-0.39, 0.29) is 11.3 Å². The molecule has 15 heteroatoms. The second-order valence-corrected chi connectivity index (χ2v) is 13.5. The van der Waals surface area contributed by atoms with Gasteiger partial charge in [0.1, 0.15) is 18.1 Å². The lowest BCUT2D eigenvalue weighted by Gasteiger charge is -2.15. The molecular formula is C39H46N2O12S. The van der Waals surface area contributed by atoms with E-state index in [9.17, 15) is 4.79 Å². The van der Waals surface area contributed by atoms with E-state index in [2.05, 4.69) is 34.1 Å². The smallest absolute Gasteiger partial charge is 0.414 e. The fraction of sp³-hybridized carbons (Fsp3) is 0.359. The highest BCUT2D eigenvalue weighted by Gasteiger charge is 2.22. The number of rotatable bonds is 13. The number of likely N-dealkylation sites (tertiary alicyclic amines) is 2. The van der Waals surface area contributed by atoms with E-state index in [4.69, 9.17) is 49.1 Å². The highest BCUT2D eigenvalue weighted by atomic mass is 32.1. The third-order valence-corrected chi connectivity index (χ3v) is 9.85. The van der Waals surface area contributed by atoms with E-state index in [1.807, 2.05) is 48.5 Å². The number of ether oxygens (including phenoxy) is 2. The van der Waals surface area contributed by atoms with Gasteiger partial charge in [-0.15, -0.1) is 11.3 Å². The summed E-state index contributed by atoms with van der Waals surface area (Å²) in [5.74, 6) is -5.57. The van der Waals surface area contributed by atoms with E-state index in [1.165, 1.54) is 58.4 Å². The summed E-state index contributed by atoms with van der Waals surface area (Å²) in [7, 11) is 0. The van der Waals surface area contributed by atoms with Crippen molar-refractivity contribution >= 4 is 51.1 Å². The zero-order chi connectivity index (χ0) is 38.2. The maximum Gasteiger partial charge on any atom is 0.414 e. The van der Waals surface area contributed by atoms with Gasteiger partial charge < -0.3 is 40.3 Å². The first-order chi connectivity index (χ1) is 25.5. The molecule has 3 aromatic carbocycles. The molecule has 1 aromatic heterocycles. The second kappa shape index (κ2) is 22.0. The van der Waals surface area contributed by atoms with Crippen molar-refractivity contribution in [2.45, 2.75) is 38.5 Å². The van der Waals surface area contributed by atoms with Gasteiger partial charge in [0.15, 0.2) is 5.78 Å². The number of thiophene rings is 1. The Balaban J connectivity index is 0.000000525. The summed E-state index contributed by atoms with van der Waals surface area (Å²) in [6.07, 6.45) is 7.47. The molecule has 0 atom stereocenters. The molecule has 0 radical (unpaired) electrons. The Hall–Kier alpha value is -5.35. The predicted octanol–water partition coefficient (Wildman–Crippen LogP) is 5.02. The van der Waals surface area contributed by atoms with Crippen LogP contribution in [0.3, 0.4) is 0 Å². The van der Waals surface area contributed by atoms with Gasteiger partial charge in [0.25, 0.3) is 0 Å². The Morgan fingerprint density at radius 3 is 1.61 bits per heavy atom. The Bertz CT molecular complexity index is 1780. The topological polar surface area (TPSA) is 223 Å². The van der Waals surface area contributed by atoms with Gasteiger partial charge in [-0.2, -0.15) is 0 Å². The second-order valence-electron chi connectivity index (χ2n) is 12.4. The van der Waals surface area contributed by atoms with E-state index in [1.54, 1.807) is 11.3 Å². The molecule has 290 valence electrons. The van der Waals surface area contributed by atoms with Crippen molar-refractivity contribution in [2.75, 3.05) is 52.5 Å². The number of hydrogen-bond acceptors (Lipinski definition) is 10. The van der Waals surface area contributed by atoms with Crippen molar-refractivity contribution in [1.82, 2.24) is 9.80 Å². The number of nitrogens with zero attached hydrogens (tertiary/aromatic N) is 2. The number of hydrogen-bond donors (Lipinski definition) is 4. The molecule has 0 spiro atoms. The van der Waals surface area contributed by atoms with Crippen LogP contribution in [0.5, 0.6) is 11.5 Å². The number of carboxylic acids is 4. The minimum atomic E-state index is -1.82. The van der Waals surface area contributed by atoms with Gasteiger partial charge in [-0.1, -0.05) is 18.2 Å². The zero-order valence-electron chi connectivity index (χ0n) is 29.8. The maximum absolute atomic E-state index is 13.9. The molecule has 0 unspecified atom stereocenters. The molecule has 0 aliphatic carbocycles. The van der Waals surface area contributed by atoms with Gasteiger partial charge in [-0.25, -0.2) is 19.2 Å². The van der Waals surface area contributed by atoms with Gasteiger partial charge in [0.05, 0.1) is 6.61 Å². The van der Waals surface area contributed by atoms with E-state index in [0.29, 0.717) is 18.8 Å². The SMILES string of the molecule is O.O=C(O)C(=O)O.O=C(O)C(=O)O.O=C(c1ccc(OCCCCN2CCCC2)cc1)c1c(-c2ccc(OCCN3CCCC3)cc2)sc2ccccc12. The molecule has 6 rings (SSSR count). The van der Waals surface area contributed by atoms with Crippen LogP contribution in [-0.2, 0) is 19.2 Å². The van der Waals surface area contributed by atoms with Crippen LogP contribution in [0.25, 0.3) is 20.5 Å². The fourth-order valence-electron chi connectivity index (χ4n) is 5.96. The lowest BCUT2D eigenvalue weighted by molar-refractivity contribution is -0.159. The largest absolute Gasteiger partial charge is 0.494 e. The van der Waals surface area contributed by atoms with Gasteiger partial charge in [0, 0.05) is 32.6 Å². The van der Waals surface area contributed by atoms with Crippen molar-refractivity contribution in [3.63, 3.8) is 0 Å². The molecule has 2 aliphatic rings. The van der Waals surface area contributed by atoms with E-state index >= 15 is 0 Å². The summed E-state index contributed by atoms with van der Waals surface area (Å²) in [5.41, 5.74) is 2.48. The van der Waals surface area contributed by atoms with Crippen LogP contribution in [0.2, 0.25) is 0 Å². The van der Waals surface area contributed by atoms with Crippen molar-refractivity contribution in [1.29, 1.82) is 0 Å². The third-order valence-electron chi connectivity index (χ3n) is 8.63. The number of unbranched alkanes of at least 4 members (excludes halogenated alkanes) is 1. The van der Waals surface area contributed by atoms with Crippen LogP contribution in [0, 0.1) is 0 Å². The van der Waals surface area contributed by atoms with Crippen LogP contribution in [-0.4, -0.2) is 118 Å². The summed E-state index contributed by atoms with van der Waals surface area (Å²) in [6.45, 7) is 8.40. The fourth-order valence-corrected chi connectivity index (χ4v) is 7.16. The highest BCUT2D eigenvalue weighted by molar-refractivity contribution is 7.22. The summed E-state index contributed by atoms with van der Waals surface area (Å²) < 4.78 is 13.1. The summed E-state index contributed by atoms with van der Waals surface area (Å²) in [4.78, 5) is 56.3. The molecule has 0 bridgehead atoms. The number of aliphatic carboxylic acids is 4. The standard InChI is InChI=1S/C35H40N2O3S.2C2H2O4.H2O/c38-34(27-11-15-29(16-12-27)39-25-8-7-23-36-19-3-4-20-36)33-31-9-1-2-10-32(31)41-35(33)28-13-17-30(18-14-28)40-26-24-37-21-5-6-22-37;2*3-1(4)2(5)6;/h1-2,9-18H,3-8,19-26H2;2*(H,3,4)(H,5,6);1H2. The number of fused-ring (bicyclic) bond motifs is 1. The minimum absolute atomic E-state index is 0. The van der Waals surface area contributed by atoms with Crippen LogP contribution < -0.4 is 9.47 Å². The minimum Gasteiger partial charge on any atom is -0.494 e.